The number of aromatic nitrogens is 2. The number of nitrogens with zero attached hydrogens (tertiary/aromatic N) is 1. The van der Waals surface area contributed by atoms with Crippen LogP contribution in [-0.4, -0.2) is 23.3 Å². The largest absolute Gasteiger partial charge is 0.464 e. The molecular formula is C10H11IN2O2. The van der Waals surface area contributed by atoms with Gasteiger partial charge in [0.15, 0.2) is 5.69 Å². The van der Waals surface area contributed by atoms with E-state index in [0.717, 1.165) is 15.2 Å². The molecule has 5 heteroatoms. The molecule has 3 saturated carbocycles. The number of hydrogen-bond donors (Lipinski definition) is 1. The van der Waals surface area contributed by atoms with Crippen molar-refractivity contribution in [2.24, 2.45) is 5.92 Å². The zero-order valence-corrected chi connectivity index (χ0v) is 10.5. The number of H-pyrrole nitrogens is 1. The Hall–Kier alpha value is -0.590. The predicted octanol–water partition coefficient (Wildman–Crippen LogP) is 1.85. The number of methoxy groups -OCH3 is 1. The fraction of sp³-hybridized carbons (Fsp3) is 0.600. The number of rotatable bonds is 2. The van der Waals surface area contributed by atoms with Crippen molar-refractivity contribution in [2.75, 3.05) is 7.11 Å². The summed E-state index contributed by atoms with van der Waals surface area (Å²) in [5.74, 6) is 0.587. The van der Waals surface area contributed by atoms with Gasteiger partial charge < -0.3 is 4.74 Å². The molecule has 1 aromatic heterocycles. The van der Waals surface area contributed by atoms with Crippen LogP contribution in [0.3, 0.4) is 0 Å². The van der Waals surface area contributed by atoms with E-state index in [1.807, 2.05) is 0 Å². The molecule has 3 aliphatic carbocycles. The number of carbonyl (C=O) groups excluding carboxylic acids is 1. The summed E-state index contributed by atoms with van der Waals surface area (Å²) >= 11 is 2.19. The zero-order chi connectivity index (χ0) is 10.6. The molecule has 4 nitrogen and oxygen atoms in total. The molecule has 1 aromatic rings. The summed E-state index contributed by atoms with van der Waals surface area (Å²) in [7, 11) is 1.39. The zero-order valence-electron chi connectivity index (χ0n) is 8.34. The Morgan fingerprint density at radius 3 is 2.73 bits per heavy atom. The van der Waals surface area contributed by atoms with Crippen LogP contribution >= 0.6 is 22.6 Å². The highest BCUT2D eigenvalue weighted by molar-refractivity contribution is 14.1. The van der Waals surface area contributed by atoms with E-state index >= 15 is 0 Å². The van der Waals surface area contributed by atoms with Crippen LogP contribution in [0.4, 0.5) is 0 Å². The Labute approximate surface area is 101 Å². The summed E-state index contributed by atoms with van der Waals surface area (Å²) in [4.78, 5) is 11.4. The first kappa shape index (κ1) is 9.62. The molecule has 4 rings (SSSR count). The van der Waals surface area contributed by atoms with E-state index in [2.05, 4.69) is 32.8 Å². The molecule has 1 N–H and O–H groups in total. The van der Waals surface area contributed by atoms with Gasteiger partial charge in [0.1, 0.15) is 0 Å². The van der Waals surface area contributed by atoms with Gasteiger partial charge in [0, 0.05) is 5.41 Å². The summed E-state index contributed by atoms with van der Waals surface area (Å²) in [6.45, 7) is 0. The average molecular weight is 318 g/mol. The molecule has 0 aliphatic heterocycles. The van der Waals surface area contributed by atoms with Gasteiger partial charge in [-0.15, -0.1) is 0 Å². The molecule has 2 bridgehead atoms. The summed E-state index contributed by atoms with van der Waals surface area (Å²) in [6, 6.07) is 0. The van der Waals surface area contributed by atoms with Gasteiger partial charge in [-0.3, -0.25) is 5.10 Å². The van der Waals surface area contributed by atoms with Crippen LogP contribution in [0.5, 0.6) is 0 Å². The van der Waals surface area contributed by atoms with Crippen LogP contribution in [-0.2, 0) is 10.2 Å². The topological polar surface area (TPSA) is 55.0 Å². The van der Waals surface area contributed by atoms with Crippen molar-refractivity contribution in [3.05, 3.63) is 15.0 Å². The summed E-state index contributed by atoms with van der Waals surface area (Å²) in [5.41, 5.74) is 1.87. The summed E-state index contributed by atoms with van der Waals surface area (Å²) < 4.78 is 5.63. The van der Waals surface area contributed by atoms with Gasteiger partial charge in [-0.25, -0.2) is 4.79 Å². The standard InChI is InChI=1S/C10H11IN2O2/c1-15-9(14)7-6(11)8(13-12-7)10-2-5(3-10)4-10/h5H,2-4H2,1H3,(H,12,13). The minimum absolute atomic E-state index is 0.296. The number of hydrogen-bond acceptors (Lipinski definition) is 3. The van der Waals surface area contributed by atoms with Gasteiger partial charge >= 0.3 is 5.97 Å². The van der Waals surface area contributed by atoms with E-state index in [0.29, 0.717) is 11.1 Å². The molecule has 0 atom stereocenters. The Morgan fingerprint density at radius 1 is 1.60 bits per heavy atom. The van der Waals surface area contributed by atoms with Crippen LogP contribution in [0, 0.1) is 9.49 Å². The Balaban J connectivity index is 1.97. The fourth-order valence-electron chi connectivity index (χ4n) is 2.69. The van der Waals surface area contributed by atoms with Crippen molar-refractivity contribution in [1.29, 1.82) is 0 Å². The Morgan fingerprint density at radius 2 is 2.27 bits per heavy atom. The maximum atomic E-state index is 11.4. The molecule has 3 aliphatic rings. The Bertz CT molecular complexity index is 424. The minimum atomic E-state index is -0.329. The van der Waals surface area contributed by atoms with Gasteiger partial charge in [-0.05, 0) is 47.8 Å². The first-order valence-corrected chi connectivity index (χ1v) is 6.07. The molecule has 0 spiro atoms. The van der Waals surface area contributed by atoms with Crippen molar-refractivity contribution in [1.82, 2.24) is 10.2 Å². The third-order valence-corrected chi connectivity index (χ3v) is 4.69. The third-order valence-electron chi connectivity index (χ3n) is 3.64. The molecule has 80 valence electrons. The number of aromatic amines is 1. The lowest BCUT2D eigenvalue weighted by Crippen LogP contribution is -2.55. The number of esters is 1. The van der Waals surface area contributed by atoms with Crippen molar-refractivity contribution in [3.63, 3.8) is 0 Å². The number of carbonyl (C=O) groups is 1. The van der Waals surface area contributed by atoms with Crippen LogP contribution < -0.4 is 0 Å². The molecule has 0 unspecified atom stereocenters. The molecule has 3 fully saturated rings. The molecule has 0 amide bonds. The molecule has 0 saturated heterocycles. The second-order valence-corrected chi connectivity index (χ2v) is 5.59. The van der Waals surface area contributed by atoms with E-state index < -0.39 is 0 Å². The molecule has 1 heterocycles. The minimum Gasteiger partial charge on any atom is -0.464 e. The van der Waals surface area contributed by atoms with Crippen LogP contribution in [0.1, 0.15) is 35.4 Å². The first-order chi connectivity index (χ1) is 7.16. The van der Waals surface area contributed by atoms with Gasteiger partial charge in [0.2, 0.25) is 0 Å². The highest BCUT2D eigenvalue weighted by atomic mass is 127. The van der Waals surface area contributed by atoms with Gasteiger partial charge in [-0.2, -0.15) is 5.10 Å². The van der Waals surface area contributed by atoms with Crippen molar-refractivity contribution in [2.45, 2.75) is 24.7 Å². The number of ether oxygens (including phenoxy) is 1. The summed E-state index contributed by atoms with van der Waals surface area (Å²) in [5, 5.41) is 7.07. The number of nitrogens with one attached hydrogen (secondary N) is 1. The quantitative estimate of drug-likeness (QED) is 0.669. The lowest BCUT2D eigenvalue weighted by Gasteiger charge is -2.61. The van der Waals surface area contributed by atoms with Crippen molar-refractivity contribution < 1.29 is 9.53 Å². The molecular weight excluding hydrogens is 307 g/mol. The molecule has 0 radical (unpaired) electrons. The average Bonchev–Trinajstić information content (AvgIpc) is 2.43. The fourth-order valence-corrected chi connectivity index (χ4v) is 3.72. The molecule has 15 heavy (non-hydrogen) atoms. The maximum Gasteiger partial charge on any atom is 0.357 e. The lowest BCUT2D eigenvalue weighted by molar-refractivity contribution is -0.0315. The SMILES string of the molecule is COC(=O)c1[nH]nc(C23CC(C2)C3)c1I. The van der Waals surface area contributed by atoms with E-state index in [1.54, 1.807) is 0 Å². The first-order valence-electron chi connectivity index (χ1n) is 4.99. The van der Waals surface area contributed by atoms with E-state index in [-0.39, 0.29) is 5.97 Å². The highest BCUT2D eigenvalue weighted by Gasteiger charge is 2.59. The van der Waals surface area contributed by atoms with Crippen LogP contribution in [0.15, 0.2) is 0 Å². The highest BCUT2D eigenvalue weighted by Crippen LogP contribution is 2.65. The van der Waals surface area contributed by atoms with Crippen LogP contribution in [0.2, 0.25) is 0 Å². The van der Waals surface area contributed by atoms with Crippen LogP contribution in [0.25, 0.3) is 0 Å². The maximum absolute atomic E-state index is 11.4. The smallest absolute Gasteiger partial charge is 0.357 e. The Kier molecular flexibility index (Phi) is 1.90. The van der Waals surface area contributed by atoms with Crippen molar-refractivity contribution >= 4 is 28.6 Å². The van der Waals surface area contributed by atoms with Crippen molar-refractivity contribution in [3.8, 4) is 0 Å². The lowest BCUT2D eigenvalue weighted by atomic mass is 9.43. The van der Waals surface area contributed by atoms with E-state index in [4.69, 9.17) is 4.74 Å². The normalized spacial score (nSPS) is 31.7. The van der Waals surface area contributed by atoms with Gasteiger partial charge in [-0.1, -0.05) is 0 Å². The second kappa shape index (κ2) is 2.96. The van der Waals surface area contributed by atoms with Gasteiger partial charge in [0.05, 0.1) is 16.4 Å². The van der Waals surface area contributed by atoms with E-state index in [1.165, 1.54) is 26.4 Å². The summed E-state index contributed by atoms with van der Waals surface area (Å²) in [6.07, 6.45) is 3.73. The van der Waals surface area contributed by atoms with E-state index in [9.17, 15) is 4.79 Å². The number of halogens is 1. The predicted molar refractivity (Wildman–Crippen MR) is 61.7 cm³/mol. The monoisotopic (exact) mass is 318 g/mol. The second-order valence-electron chi connectivity index (χ2n) is 4.51. The third kappa shape index (κ3) is 1.12. The molecule has 0 aromatic carbocycles. The van der Waals surface area contributed by atoms with Gasteiger partial charge in [0.25, 0.3) is 0 Å².